The largest absolute Gasteiger partial charge is 0.330 e. The number of rotatable bonds is 3. The van der Waals surface area contributed by atoms with Crippen LogP contribution in [0.1, 0.15) is 36.0 Å². The minimum absolute atomic E-state index is 0.196. The molecule has 0 saturated heterocycles. The zero-order chi connectivity index (χ0) is 11.4. The fourth-order valence-corrected chi connectivity index (χ4v) is 2.43. The van der Waals surface area contributed by atoms with Gasteiger partial charge < -0.3 is 5.73 Å². The summed E-state index contributed by atoms with van der Waals surface area (Å²) in [6.45, 7) is 0.762. The molecule has 1 radical (unpaired) electrons. The van der Waals surface area contributed by atoms with Crippen molar-refractivity contribution in [1.29, 1.82) is 0 Å². The lowest BCUT2D eigenvalue weighted by Gasteiger charge is -2.26. The van der Waals surface area contributed by atoms with Crippen molar-refractivity contribution in [2.75, 3.05) is 6.54 Å². The first kappa shape index (κ1) is 11.3. The van der Waals surface area contributed by atoms with E-state index in [9.17, 15) is 4.79 Å². The zero-order valence-electron chi connectivity index (χ0n) is 9.49. The van der Waals surface area contributed by atoms with Gasteiger partial charge in [0.05, 0.1) is 0 Å². The van der Waals surface area contributed by atoms with Gasteiger partial charge in [-0.3, -0.25) is 4.79 Å². The normalized spacial score (nSPS) is 25.3. The van der Waals surface area contributed by atoms with Gasteiger partial charge in [0.25, 0.3) is 0 Å². The van der Waals surface area contributed by atoms with Crippen LogP contribution >= 0.6 is 0 Å². The van der Waals surface area contributed by atoms with E-state index in [1.54, 1.807) is 6.07 Å². The number of Topliss-reactive ketones (excluding diaryl/α,β-unsaturated/α-hetero) is 1. The average molecular weight is 216 g/mol. The number of hydrogen-bond acceptors (Lipinski definition) is 2. The average Bonchev–Trinajstić information content (AvgIpc) is 2.39. The van der Waals surface area contributed by atoms with Crippen LogP contribution < -0.4 is 5.73 Å². The van der Waals surface area contributed by atoms with Gasteiger partial charge in [-0.2, -0.15) is 0 Å². The van der Waals surface area contributed by atoms with Crippen LogP contribution in [0.15, 0.2) is 24.3 Å². The Balaban J connectivity index is 1.97. The van der Waals surface area contributed by atoms with E-state index in [2.05, 4.69) is 6.07 Å². The van der Waals surface area contributed by atoms with Crippen molar-refractivity contribution in [3.8, 4) is 0 Å². The van der Waals surface area contributed by atoms with Crippen molar-refractivity contribution >= 4 is 5.78 Å². The molecule has 16 heavy (non-hydrogen) atoms. The Hall–Kier alpha value is -1.15. The third kappa shape index (κ3) is 2.50. The second kappa shape index (κ2) is 5.26. The molecule has 2 rings (SSSR count). The first-order valence-electron chi connectivity index (χ1n) is 6.02. The molecule has 0 spiro atoms. The molecular weight excluding hydrogens is 198 g/mol. The van der Waals surface area contributed by atoms with E-state index < -0.39 is 0 Å². The first-order valence-corrected chi connectivity index (χ1v) is 6.02. The second-order valence-electron chi connectivity index (χ2n) is 4.59. The molecule has 1 fully saturated rings. The van der Waals surface area contributed by atoms with Gasteiger partial charge in [-0.1, -0.05) is 24.3 Å². The minimum atomic E-state index is 0.196. The zero-order valence-corrected chi connectivity index (χ0v) is 9.49. The molecule has 0 unspecified atom stereocenters. The van der Waals surface area contributed by atoms with Crippen LogP contribution in [0.4, 0.5) is 0 Å². The molecule has 0 aliphatic heterocycles. The topological polar surface area (TPSA) is 43.1 Å². The molecule has 0 bridgehead atoms. The number of carbonyl (C=O) groups is 1. The van der Waals surface area contributed by atoms with Crippen LogP contribution in [0.5, 0.6) is 0 Å². The maximum absolute atomic E-state index is 12.1. The molecule has 1 aromatic carbocycles. The maximum atomic E-state index is 12.1. The lowest BCUT2D eigenvalue weighted by Crippen LogP contribution is -2.25. The van der Waals surface area contributed by atoms with E-state index in [-0.39, 0.29) is 11.7 Å². The molecule has 0 heterocycles. The highest BCUT2D eigenvalue weighted by Crippen LogP contribution is 2.30. The highest BCUT2D eigenvalue weighted by atomic mass is 16.1. The van der Waals surface area contributed by atoms with Crippen LogP contribution in [0, 0.1) is 17.9 Å². The smallest absolute Gasteiger partial charge is 0.166 e. The van der Waals surface area contributed by atoms with Crippen molar-refractivity contribution in [3.05, 3.63) is 35.9 Å². The lowest BCUT2D eigenvalue weighted by atomic mass is 9.79. The van der Waals surface area contributed by atoms with E-state index in [1.807, 2.05) is 18.2 Å². The highest BCUT2D eigenvalue weighted by Gasteiger charge is 2.26. The molecule has 1 aliphatic carbocycles. The minimum Gasteiger partial charge on any atom is -0.330 e. The van der Waals surface area contributed by atoms with Crippen LogP contribution in [-0.2, 0) is 0 Å². The summed E-state index contributed by atoms with van der Waals surface area (Å²) in [6, 6.07) is 10.5. The molecule has 0 amide bonds. The van der Waals surface area contributed by atoms with Crippen molar-refractivity contribution in [1.82, 2.24) is 0 Å². The fourth-order valence-electron chi connectivity index (χ4n) is 2.43. The number of carbonyl (C=O) groups excluding carboxylic acids is 1. The predicted octanol–water partition coefficient (Wildman–Crippen LogP) is 2.43. The molecule has 1 aromatic rings. The molecule has 85 valence electrons. The summed E-state index contributed by atoms with van der Waals surface area (Å²) < 4.78 is 0. The Labute approximate surface area is 96.8 Å². The van der Waals surface area contributed by atoms with E-state index in [0.717, 1.165) is 37.8 Å². The predicted molar refractivity (Wildman–Crippen MR) is 64.1 cm³/mol. The van der Waals surface area contributed by atoms with Crippen LogP contribution in [0.2, 0.25) is 0 Å². The van der Waals surface area contributed by atoms with Gasteiger partial charge >= 0.3 is 0 Å². The van der Waals surface area contributed by atoms with Gasteiger partial charge in [-0.25, -0.2) is 0 Å². The molecule has 1 aliphatic rings. The second-order valence-corrected chi connectivity index (χ2v) is 4.59. The van der Waals surface area contributed by atoms with E-state index in [1.165, 1.54) is 0 Å². The molecule has 0 atom stereocenters. The molecular formula is C14H18NO. The number of benzene rings is 1. The van der Waals surface area contributed by atoms with Crippen molar-refractivity contribution in [2.24, 2.45) is 17.6 Å². The van der Waals surface area contributed by atoms with E-state index >= 15 is 0 Å². The molecule has 0 aromatic heterocycles. The third-order valence-corrected chi connectivity index (χ3v) is 3.53. The summed E-state index contributed by atoms with van der Waals surface area (Å²) in [5.74, 6) is 1.08. The summed E-state index contributed by atoms with van der Waals surface area (Å²) in [4.78, 5) is 12.1. The van der Waals surface area contributed by atoms with Gasteiger partial charge in [-0.05, 0) is 44.2 Å². The van der Waals surface area contributed by atoms with Crippen LogP contribution in [0.25, 0.3) is 0 Å². The monoisotopic (exact) mass is 216 g/mol. The van der Waals surface area contributed by atoms with E-state index in [4.69, 9.17) is 5.73 Å². The fraction of sp³-hybridized carbons (Fsp3) is 0.500. The van der Waals surface area contributed by atoms with Crippen molar-refractivity contribution < 1.29 is 4.79 Å². The van der Waals surface area contributed by atoms with Crippen molar-refractivity contribution in [2.45, 2.75) is 25.7 Å². The standard InChI is InChI=1S/C14H18NO/c15-10-11-6-8-13(9-7-11)14(16)12-4-2-1-3-5-12/h1-4,11,13H,6-10,15H2. The highest BCUT2D eigenvalue weighted by molar-refractivity contribution is 5.97. The van der Waals surface area contributed by atoms with Crippen LogP contribution in [-0.4, -0.2) is 12.3 Å². The summed E-state index contributed by atoms with van der Waals surface area (Å²) in [5, 5.41) is 0. The van der Waals surface area contributed by atoms with Gasteiger partial charge in [0.15, 0.2) is 5.78 Å². The molecule has 2 heteroatoms. The first-order chi connectivity index (χ1) is 7.81. The number of nitrogens with two attached hydrogens (primary N) is 1. The summed E-state index contributed by atoms with van der Waals surface area (Å²) >= 11 is 0. The number of hydrogen-bond donors (Lipinski definition) is 1. The Morgan fingerprint density at radius 2 is 2.06 bits per heavy atom. The lowest BCUT2D eigenvalue weighted by molar-refractivity contribution is 0.0873. The SMILES string of the molecule is NCC1CCC(C(=O)c2[c]cccc2)CC1. The van der Waals surface area contributed by atoms with Gasteiger partial charge in [0.2, 0.25) is 0 Å². The summed E-state index contributed by atoms with van der Waals surface area (Å²) in [5.41, 5.74) is 6.38. The Morgan fingerprint density at radius 1 is 1.31 bits per heavy atom. The molecule has 2 N–H and O–H groups in total. The van der Waals surface area contributed by atoms with Gasteiger partial charge in [-0.15, -0.1) is 0 Å². The molecule has 1 saturated carbocycles. The van der Waals surface area contributed by atoms with Gasteiger partial charge in [0.1, 0.15) is 0 Å². The van der Waals surface area contributed by atoms with Crippen molar-refractivity contribution in [3.63, 3.8) is 0 Å². The van der Waals surface area contributed by atoms with E-state index in [0.29, 0.717) is 5.92 Å². The summed E-state index contributed by atoms with van der Waals surface area (Å²) in [6.07, 6.45) is 4.17. The number of ketones is 1. The quantitative estimate of drug-likeness (QED) is 0.788. The summed E-state index contributed by atoms with van der Waals surface area (Å²) in [7, 11) is 0. The Bertz CT molecular complexity index is 339. The van der Waals surface area contributed by atoms with Gasteiger partial charge in [0, 0.05) is 11.5 Å². The van der Waals surface area contributed by atoms with Crippen LogP contribution in [0.3, 0.4) is 0 Å². The Morgan fingerprint density at radius 3 is 2.62 bits per heavy atom. The maximum Gasteiger partial charge on any atom is 0.166 e. The third-order valence-electron chi connectivity index (χ3n) is 3.53. The molecule has 2 nitrogen and oxygen atoms in total. The Kier molecular flexibility index (Phi) is 3.73.